The average molecular weight is 172 g/mol. The van der Waals surface area contributed by atoms with E-state index in [4.69, 9.17) is 10.8 Å². The first-order valence-corrected chi connectivity index (χ1v) is 4.39. The molecule has 0 amide bonds. The fourth-order valence-electron chi connectivity index (χ4n) is 1.74. The van der Waals surface area contributed by atoms with Crippen molar-refractivity contribution in [2.45, 2.75) is 12.8 Å². The third-order valence-electron chi connectivity index (χ3n) is 2.52. The molecule has 0 aromatic rings. The highest BCUT2D eigenvalue weighted by atomic mass is 16.4. The maximum Gasteiger partial charge on any atom is 0.308 e. The molecule has 1 unspecified atom stereocenters. The molecule has 0 saturated carbocycles. The first-order chi connectivity index (χ1) is 5.75. The van der Waals surface area contributed by atoms with Crippen LogP contribution in [0, 0.1) is 11.8 Å². The monoisotopic (exact) mass is 172 g/mol. The van der Waals surface area contributed by atoms with Gasteiger partial charge in [0.25, 0.3) is 0 Å². The molecule has 1 rings (SSSR count). The van der Waals surface area contributed by atoms with Crippen molar-refractivity contribution in [2.24, 2.45) is 17.6 Å². The second-order valence-electron chi connectivity index (χ2n) is 3.27. The van der Waals surface area contributed by atoms with Gasteiger partial charge in [-0.05, 0) is 31.8 Å². The number of nitrogens with one attached hydrogen (secondary N) is 1. The number of hydrogen-bond donors (Lipinski definition) is 3. The normalized spacial score (nSPS) is 22.1. The number of hydrogen-bond acceptors (Lipinski definition) is 3. The number of nitrogens with two attached hydrogens (primary N) is 1. The Morgan fingerprint density at radius 2 is 2.17 bits per heavy atom. The van der Waals surface area contributed by atoms with Gasteiger partial charge in [-0.15, -0.1) is 0 Å². The van der Waals surface area contributed by atoms with E-state index >= 15 is 0 Å². The highest BCUT2D eigenvalue weighted by Crippen LogP contribution is 2.21. The zero-order valence-electron chi connectivity index (χ0n) is 7.12. The van der Waals surface area contributed by atoms with Gasteiger partial charge in [0.1, 0.15) is 0 Å². The van der Waals surface area contributed by atoms with Gasteiger partial charge in [0.15, 0.2) is 0 Å². The first-order valence-electron chi connectivity index (χ1n) is 4.39. The Hall–Kier alpha value is -0.610. The molecular formula is C8H16N2O2. The average Bonchev–Trinajstić information content (AvgIpc) is 2.07. The van der Waals surface area contributed by atoms with E-state index < -0.39 is 5.97 Å². The Balaban J connectivity index is 2.46. The van der Waals surface area contributed by atoms with E-state index in [0.29, 0.717) is 0 Å². The molecule has 0 radical (unpaired) electrons. The minimum atomic E-state index is -0.746. The first kappa shape index (κ1) is 9.48. The number of rotatable bonds is 3. The lowest BCUT2D eigenvalue weighted by Gasteiger charge is -2.26. The Bertz CT molecular complexity index is 155. The molecule has 0 bridgehead atoms. The number of aliphatic carboxylic acids is 1. The van der Waals surface area contributed by atoms with Gasteiger partial charge in [-0.3, -0.25) is 4.79 Å². The van der Waals surface area contributed by atoms with Gasteiger partial charge < -0.3 is 16.2 Å². The van der Waals surface area contributed by atoms with Crippen LogP contribution in [0.2, 0.25) is 0 Å². The SMILES string of the molecule is NCC(C(=O)O)C1CCNCC1. The van der Waals surface area contributed by atoms with Crippen LogP contribution in [-0.4, -0.2) is 30.7 Å². The fraction of sp³-hybridized carbons (Fsp3) is 0.875. The summed E-state index contributed by atoms with van der Waals surface area (Å²) in [4.78, 5) is 10.7. The zero-order valence-corrected chi connectivity index (χ0v) is 7.12. The molecule has 1 aliphatic rings. The molecule has 0 spiro atoms. The highest BCUT2D eigenvalue weighted by molar-refractivity contribution is 5.70. The molecule has 70 valence electrons. The summed E-state index contributed by atoms with van der Waals surface area (Å²) in [6.07, 6.45) is 1.88. The predicted octanol–water partition coefficient (Wildman–Crippen LogP) is -0.355. The van der Waals surface area contributed by atoms with Gasteiger partial charge in [-0.2, -0.15) is 0 Å². The van der Waals surface area contributed by atoms with E-state index in [-0.39, 0.29) is 18.4 Å². The molecular weight excluding hydrogens is 156 g/mol. The van der Waals surface area contributed by atoms with Crippen molar-refractivity contribution in [1.82, 2.24) is 5.32 Å². The minimum absolute atomic E-state index is 0.264. The van der Waals surface area contributed by atoms with Crippen LogP contribution >= 0.6 is 0 Å². The number of carbonyl (C=O) groups is 1. The summed E-state index contributed by atoms with van der Waals surface area (Å²) in [5, 5.41) is 12.0. The van der Waals surface area contributed by atoms with Crippen molar-refractivity contribution in [3.63, 3.8) is 0 Å². The molecule has 1 aliphatic heterocycles. The Morgan fingerprint density at radius 1 is 1.58 bits per heavy atom. The third kappa shape index (κ3) is 2.19. The van der Waals surface area contributed by atoms with E-state index in [1.54, 1.807) is 0 Å². The van der Waals surface area contributed by atoms with Gasteiger partial charge in [0, 0.05) is 6.54 Å². The standard InChI is InChI=1S/C8H16N2O2/c9-5-7(8(11)12)6-1-3-10-4-2-6/h6-7,10H,1-5,9H2,(H,11,12). The van der Waals surface area contributed by atoms with Crippen LogP contribution in [0.3, 0.4) is 0 Å². The number of carboxylic acids is 1. The summed E-state index contributed by atoms with van der Waals surface area (Å²) >= 11 is 0. The molecule has 1 fully saturated rings. The molecule has 4 heteroatoms. The number of piperidine rings is 1. The van der Waals surface area contributed by atoms with Crippen LogP contribution in [0.25, 0.3) is 0 Å². The van der Waals surface area contributed by atoms with Gasteiger partial charge in [0.2, 0.25) is 0 Å². The summed E-state index contributed by atoms with van der Waals surface area (Å²) in [6.45, 7) is 2.11. The van der Waals surface area contributed by atoms with Crippen LogP contribution in [0.15, 0.2) is 0 Å². The van der Waals surface area contributed by atoms with Crippen molar-refractivity contribution in [2.75, 3.05) is 19.6 Å². The lowest BCUT2D eigenvalue weighted by atomic mass is 9.85. The smallest absolute Gasteiger partial charge is 0.308 e. The summed E-state index contributed by atoms with van der Waals surface area (Å²) in [5.41, 5.74) is 5.40. The van der Waals surface area contributed by atoms with Crippen LogP contribution in [0.1, 0.15) is 12.8 Å². The second-order valence-corrected chi connectivity index (χ2v) is 3.27. The van der Waals surface area contributed by atoms with Crippen molar-refractivity contribution >= 4 is 5.97 Å². The summed E-state index contributed by atoms with van der Waals surface area (Å²) in [5.74, 6) is -0.815. The predicted molar refractivity (Wildman–Crippen MR) is 45.8 cm³/mol. The molecule has 0 aromatic heterocycles. The van der Waals surface area contributed by atoms with Crippen molar-refractivity contribution in [3.05, 3.63) is 0 Å². The molecule has 0 aliphatic carbocycles. The Labute approximate surface area is 72.1 Å². The lowest BCUT2D eigenvalue weighted by Crippen LogP contribution is -2.38. The van der Waals surface area contributed by atoms with Gasteiger partial charge >= 0.3 is 5.97 Å². The number of carboxylic acid groups (broad SMARTS) is 1. The lowest BCUT2D eigenvalue weighted by molar-refractivity contribution is -0.143. The summed E-state index contributed by atoms with van der Waals surface area (Å²) in [7, 11) is 0. The van der Waals surface area contributed by atoms with Gasteiger partial charge in [-0.1, -0.05) is 0 Å². The summed E-state index contributed by atoms with van der Waals surface area (Å²) in [6, 6.07) is 0. The van der Waals surface area contributed by atoms with E-state index in [2.05, 4.69) is 5.32 Å². The van der Waals surface area contributed by atoms with E-state index in [1.807, 2.05) is 0 Å². The highest BCUT2D eigenvalue weighted by Gasteiger charge is 2.27. The quantitative estimate of drug-likeness (QED) is 0.543. The van der Waals surface area contributed by atoms with E-state index in [9.17, 15) is 4.79 Å². The molecule has 0 aromatic carbocycles. The van der Waals surface area contributed by atoms with Crippen LogP contribution < -0.4 is 11.1 Å². The van der Waals surface area contributed by atoms with Crippen molar-refractivity contribution < 1.29 is 9.90 Å². The van der Waals surface area contributed by atoms with Crippen LogP contribution in [0.4, 0.5) is 0 Å². The fourth-order valence-corrected chi connectivity index (χ4v) is 1.74. The van der Waals surface area contributed by atoms with Crippen LogP contribution in [-0.2, 0) is 4.79 Å². The molecule has 1 heterocycles. The van der Waals surface area contributed by atoms with Crippen molar-refractivity contribution in [3.8, 4) is 0 Å². The Kier molecular flexibility index (Phi) is 3.49. The second kappa shape index (κ2) is 4.42. The van der Waals surface area contributed by atoms with Crippen LogP contribution in [0.5, 0.6) is 0 Å². The van der Waals surface area contributed by atoms with Gasteiger partial charge in [-0.25, -0.2) is 0 Å². The topological polar surface area (TPSA) is 75.4 Å². The van der Waals surface area contributed by atoms with Gasteiger partial charge in [0.05, 0.1) is 5.92 Å². The Morgan fingerprint density at radius 3 is 2.58 bits per heavy atom. The van der Waals surface area contributed by atoms with E-state index in [0.717, 1.165) is 25.9 Å². The maximum absolute atomic E-state index is 10.7. The molecule has 1 atom stereocenters. The summed E-state index contributed by atoms with van der Waals surface area (Å²) < 4.78 is 0. The third-order valence-corrected chi connectivity index (χ3v) is 2.52. The maximum atomic E-state index is 10.7. The molecule has 12 heavy (non-hydrogen) atoms. The molecule has 4 N–H and O–H groups in total. The zero-order chi connectivity index (χ0) is 8.97. The molecule has 4 nitrogen and oxygen atoms in total. The largest absolute Gasteiger partial charge is 0.481 e. The van der Waals surface area contributed by atoms with Crippen molar-refractivity contribution in [1.29, 1.82) is 0 Å². The van der Waals surface area contributed by atoms with E-state index in [1.165, 1.54) is 0 Å². The molecule has 1 saturated heterocycles. The minimum Gasteiger partial charge on any atom is -0.481 e.